The lowest BCUT2D eigenvalue weighted by atomic mass is 10.1. The Kier molecular flexibility index (Phi) is 5.96. The van der Waals surface area contributed by atoms with Crippen LogP contribution in [0.4, 0.5) is 5.95 Å². The molecule has 31 heavy (non-hydrogen) atoms. The number of hydrogen-bond donors (Lipinski definition) is 1. The molecule has 154 valence electrons. The van der Waals surface area contributed by atoms with Crippen molar-refractivity contribution in [2.45, 2.75) is 20.1 Å². The van der Waals surface area contributed by atoms with Crippen LogP contribution in [0.25, 0.3) is 22.6 Å². The number of hydrogen-bond acceptors (Lipinski definition) is 7. The van der Waals surface area contributed by atoms with Gasteiger partial charge < -0.3 is 10.5 Å². The van der Waals surface area contributed by atoms with Crippen LogP contribution in [0.3, 0.4) is 0 Å². The van der Waals surface area contributed by atoms with E-state index in [0.717, 1.165) is 22.5 Å². The Morgan fingerprint density at radius 1 is 1.00 bits per heavy atom. The quantitative estimate of drug-likeness (QED) is 0.466. The summed E-state index contributed by atoms with van der Waals surface area (Å²) in [6, 6.07) is 15.2. The minimum absolute atomic E-state index is 0.151. The Balaban J connectivity index is 1.58. The van der Waals surface area contributed by atoms with Crippen molar-refractivity contribution in [1.82, 2.24) is 29.9 Å². The van der Waals surface area contributed by atoms with Gasteiger partial charge in [0.2, 0.25) is 5.95 Å². The van der Waals surface area contributed by atoms with E-state index in [0.29, 0.717) is 36.8 Å². The molecule has 0 saturated heterocycles. The maximum absolute atomic E-state index is 5.95. The van der Waals surface area contributed by atoms with Crippen LogP contribution >= 0.6 is 0 Å². The summed E-state index contributed by atoms with van der Waals surface area (Å²) in [4.78, 5) is 13.3. The van der Waals surface area contributed by atoms with E-state index in [-0.39, 0.29) is 5.95 Å². The van der Waals surface area contributed by atoms with Gasteiger partial charge in [-0.2, -0.15) is 0 Å². The molecule has 4 rings (SSSR count). The molecular weight excluding hydrogens is 390 g/mol. The SMILES string of the molecule is C#Cc1cccc(-c2cc(-c3cn(Cc4cccc(COCC)n4)nn3)nc(N)n2)c1. The number of aromatic nitrogens is 6. The van der Waals surface area contributed by atoms with Crippen LogP contribution in [-0.2, 0) is 17.9 Å². The Hall–Kier alpha value is -4.09. The van der Waals surface area contributed by atoms with Crippen LogP contribution < -0.4 is 5.73 Å². The zero-order chi connectivity index (χ0) is 21.6. The first kappa shape index (κ1) is 20.2. The molecule has 0 fully saturated rings. The summed E-state index contributed by atoms with van der Waals surface area (Å²) in [5.74, 6) is 2.78. The highest BCUT2D eigenvalue weighted by Crippen LogP contribution is 2.24. The van der Waals surface area contributed by atoms with E-state index < -0.39 is 0 Å². The van der Waals surface area contributed by atoms with E-state index >= 15 is 0 Å². The molecule has 0 unspecified atom stereocenters. The number of pyridine rings is 1. The molecule has 0 bridgehead atoms. The van der Waals surface area contributed by atoms with Crippen LogP contribution in [0.1, 0.15) is 23.9 Å². The van der Waals surface area contributed by atoms with Crippen molar-refractivity contribution in [3.8, 4) is 35.0 Å². The highest BCUT2D eigenvalue weighted by Gasteiger charge is 2.11. The third kappa shape index (κ3) is 4.91. The lowest BCUT2D eigenvalue weighted by Gasteiger charge is -2.05. The first-order valence-corrected chi connectivity index (χ1v) is 9.79. The summed E-state index contributed by atoms with van der Waals surface area (Å²) in [5.41, 5.74) is 11.2. The third-order valence-corrected chi connectivity index (χ3v) is 4.51. The minimum atomic E-state index is 0.151. The fourth-order valence-electron chi connectivity index (χ4n) is 3.08. The molecule has 0 spiro atoms. The topological polar surface area (TPSA) is 105 Å². The van der Waals surface area contributed by atoms with E-state index in [2.05, 4.69) is 31.2 Å². The number of benzene rings is 1. The van der Waals surface area contributed by atoms with Crippen molar-refractivity contribution in [2.75, 3.05) is 12.3 Å². The summed E-state index contributed by atoms with van der Waals surface area (Å²) < 4.78 is 7.13. The normalized spacial score (nSPS) is 10.7. The van der Waals surface area contributed by atoms with Gasteiger partial charge in [0.1, 0.15) is 5.69 Å². The van der Waals surface area contributed by atoms with E-state index in [1.807, 2.05) is 55.5 Å². The monoisotopic (exact) mass is 411 g/mol. The molecule has 8 nitrogen and oxygen atoms in total. The van der Waals surface area contributed by atoms with Crippen LogP contribution in [0, 0.1) is 12.3 Å². The van der Waals surface area contributed by atoms with Crippen molar-refractivity contribution in [2.24, 2.45) is 0 Å². The summed E-state index contributed by atoms with van der Waals surface area (Å²) in [7, 11) is 0. The number of anilines is 1. The Morgan fingerprint density at radius 2 is 1.81 bits per heavy atom. The molecule has 0 aliphatic rings. The minimum Gasteiger partial charge on any atom is -0.375 e. The third-order valence-electron chi connectivity index (χ3n) is 4.51. The molecule has 0 amide bonds. The Morgan fingerprint density at radius 3 is 2.65 bits per heavy atom. The Bertz CT molecular complexity index is 1240. The largest absolute Gasteiger partial charge is 0.375 e. The van der Waals surface area contributed by atoms with E-state index in [9.17, 15) is 0 Å². The highest BCUT2D eigenvalue weighted by atomic mass is 16.5. The number of terminal acetylenes is 1. The molecule has 0 aliphatic heterocycles. The van der Waals surface area contributed by atoms with E-state index in [1.165, 1.54) is 0 Å². The Labute approximate surface area is 180 Å². The van der Waals surface area contributed by atoms with E-state index in [4.69, 9.17) is 16.9 Å². The molecule has 1 aromatic carbocycles. The fourth-order valence-corrected chi connectivity index (χ4v) is 3.08. The second-order valence-corrected chi connectivity index (χ2v) is 6.78. The smallest absolute Gasteiger partial charge is 0.221 e. The van der Waals surface area contributed by atoms with Crippen LogP contribution in [0.2, 0.25) is 0 Å². The zero-order valence-electron chi connectivity index (χ0n) is 17.1. The molecule has 0 aliphatic carbocycles. The number of ether oxygens (including phenoxy) is 1. The van der Waals surface area contributed by atoms with Crippen molar-refractivity contribution in [1.29, 1.82) is 0 Å². The number of nitrogens with two attached hydrogens (primary N) is 1. The summed E-state index contributed by atoms with van der Waals surface area (Å²) in [6.07, 6.45) is 7.31. The number of nitrogen functional groups attached to an aromatic ring is 1. The highest BCUT2D eigenvalue weighted by molar-refractivity contribution is 5.68. The summed E-state index contributed by atoms with van der Waals surface area (Å²) in [6.45, 7) is 3.56. The van der Waals surface area contributed by atoms with Crippen LogP contribution in [0.5, 0.6) is 0 Å². The van der Waals surface area contributed by atoms with Gasteiger partial charge in [-0.05, 0) is 37.3 Å². The molecule has 3 aromatic heterocycles. The van der Waals surface area contributed by atoms with Crippen molar-refractivity contribution in [3.05, 3.63) is 71.7 Å². The summed E-state index contributed by atoms with van der Waals surface area (Å²) in [5, 5.41) is 8.45. The van der Waals surface area contributed by atoms with Gasteiger partial charge in [0.25, 0.3) is 0 Å². The first-order chi connectivity index (χ1) is 15.1. The van der Waals surface area contributed by atoms with Gasteiger partial charge >= 0.3 is 0 Å². The molecule has 0 atom stereocenters. The predicted octanol–water partition coefficient (Wildman–Crippen LogP) is 2.95. The van der Waals surface area contributed by atoms with Gasteiger partial charge in [0.05, 0.1) is 42.1 Å². The van der Waals surface area contributed by atoms with Gasteiger partial charge in [0.15, 0.2) is 0 Å². The number of nitrogens with zero attached hydrogens (tertiary/aromatic N) is 6. The second kappa shape index (κ2) is 9.15. The van der Waals surface area contributed by atoms with Gasteiger partial charge in [-0.25, -0.2) is 14.6 Å². The van der Waals surface area contributed by atoms with Gasteiger partial charge in [-0.1, -0.05) is 29.3 Å². The van der Waals surface area contributed by atoms with E-state index in [1.54, 1.807) is 10.9 Å². The van der Waals surface area contributed by atoms with Crippen LogP contribution in [0.15, 0.2) is 54.7 Å². The second-order valence-electron chi connectivity index (χ2n) is 6.78. The average molecular weight is 411 g/mol. The maximum atomic E-state index is 5.95. The fraction of sp³-hybridized carbons (Fsp3) is 0.174. The lowest BCUT2D eigenvalue weighted by Crippen LogP contribution is -2.05. The standard InChI is InChI=1S/C23H21N7O/c1-3-16-7-5-8-17(11-16)20-12-21(27-23(24)26-20)22-14-30(29-28-22)13-18-9-6-10-19(25-18)15-31-4-2/h1,5-12,14H,4,13,15H2,2H3,(H2,24,26,27). The molecular formula is C23H21N7O. The van der Waals surface area contributed by atoms with Crippen molar-refractivity contribution in [3.63, 3.8) is 0 Å². The maximum Gasteiger partial charge on any atom is 0.221 e. The lowest BCUT2D eigenvalue weighted by molar-refractivity contribution is 0.131. The number of rotatable bonds is 7. The van der Waals surface area contributed by atoms with Gasteiger partial charge in [-0.3, -0.25) is 4.98 Å². The molecule has 3 heterocycles. The predicted molar refractivity (Wildman–Crippen MR) is 118 cm³/mol. The first-order valence-electron chi connectivity index (χ1n) is 9.79. The molecule has 0 radical (unpaired) electrons. The molecule has 2 N–H and O–H groups in total. The molecule has 8 heteroatoms. The van der Waals surface area contributed by atoms with Crippen molar-refractivity contribution < 1.29 is 4.74 Å². The van der Waals surface area contributed by atoms with Gasteiger partial charge in [-0.15, -0.1) is 11.5 Å². The average Bonchev–Trinajstić information content (AvgIpc) is 3.26. The molecule has 0 saturated carbocycles. The van der Waals surface area contributed by atoms with Crippen LogP contribution in [-0.4, -0.2) is 36.6 Å². The summed E-state index contributed by atoms with van der Waals surface area (Å²) >= 11 is 0. The molecule has 4 aromatic rings. The van der Waals surface area contributed by atoms with Crippen molar-refractivity contribution >= 4 is 5.95 Å². The zero-order valence-corrected chi connectivity index (χ0v) is 17.1. The van der Waals surface area contributed by atoms with Gasteiger partial charge in [0, 0.05) is 17.7 Å².